The SMILES string of the molecule is CN1CC[C@H]2CC[C@@H](C(=O)N[C@@H](CCC(N)=O)C(=O)N[C@@H](Cc3ccc(C(F)(F)F)cc3)C(=O)N3CCC(CCC#Cc4cccc5c4CN(C4CCC(=O)NC4=O)C5=O)CC3)N2C(=O)[C@@H](NC(=O)c2cc3cc(C(F)(F)P(=O)(O)O)ccc3s2)C1. The van der Waals surface area contributed by atoms with Crippen molar-refractivity contribution in [1.82, 2.24) is 40.9 Å². The fourth-order valence-corrected chi connectivity index (χ4v) is 13.2. The number of likely N-dealkylation sites (tertiary alicyclic amines) is 1. The summed E-state index contributed by atoms with van der Waals surface area (Å²) in [4.78, 5) is 146. The highest BCUT2D eigenvalue weighted by molar-refractivity contribution is 7.52. The van der Waals surface area contributed by atoms with E-state index >= 15 is 0 Å². The van der Waals surface area contributed by atoms with Gasteiger partial charge in [0, 0.05) is 79.3 Å². The Morgan fingerprint density at radius 3 is 2.28 bits per heavy atom. The zero-order valence-electron chi connectivity index (χ0n) is 46.5. The first-order valence-corrected chi connectivity index (χ1v) is 30.5. The molecule has 8 N–H and O–H groups in total. The van der Waals surface area contributed by atoms with E-state index < -0.39 is 115 Å². The zero-order valence-corrected chi connectivity index (χ0v) is 48.2. The van der Waals surface area contributed by atoms with Crippen molar-refractivity contribution in [2.45, 2.75) is 132 Å². The van der Waals surface area contributed by atoms with Gasteiger partial charge in [-0.1, -0.05) is 36.1 Å². The molecule has 6 heterocycles. The van der Waals surface area contributed by atoms with Crippen LogP contribution in [0.3, 0.4) is 0 Å². The molecule has 1 unspecified atom stereocenters. The van der Waals surface area contributed by atoms with Gasteiger partial charge in [0.2, 0.25) is 41.4 Å². The van der Waals surface area contributed by atoms with Crippen LogP contribution in [0.15, 0.2) is 66.7 Å². The molecule has 458 valence electrons. The molecule has 86 heavy (non-hydrogen) atoms. The Labute approximate surface area is 494 Å². The maximum Gasteiger partial charge on any atom is 0.416 e. The summed E-state index contributed by atoms with van der Waals surface area (Å²) in [5.74, 6) is 0.746. The lowest BCUT2D eigenvalue weighted by molar-refractivity contribution is -0.144. The van der Waals surface area contributed by atoms with E-state index in [-0.39, 0.29) is 91.8 Å². The Morgan fingerprint density at radius 1 is 0.872 bits per heavy atom. The van der Waals surface area contributed by atoms with Gasteiger partial charge in [-0.15, -0.1) is 11.3 Å². The predicted molar refractivity (Wildman–Crippen MR) is 300 cm³/mol. The molecule has 9 amide bonds. The van der Waals surface area contributed by atoms with Gasteiger partial charge in [0.25, 0.3) is 11.8 Å². The molecule has 0 bridgehead atoms. The second-order valence-electron chi connectivity index (χ2n) is 22.4. The monoisotopic (exact) mass is 1240 g/mol. The Bertz CT molecular complexity index is 3470. The van der Waals surface area contributed by atoms with Crippen molar-refractivity contribution in [3.63, 3.8) is 0 Å². The summed E-state index contributed by atoms with van der Waals surface area (Å²) in [5.41, 5.74) is 1.15. The molecule has 5 aliphatic heterocycles. The van der Waals surface area contributed by atoms with Crippen molar-refractivity contribution in [1.29, 1.82) is 0 Å². The van der Waals surface area contributed by atoms with Gasteiger partial charge in [0.05, 0.1) is 10.4 Å². The molecule has 1 aromatic heterocycles. The van der Waals surface area contributed by atoms with Crippen LogP contribution < -0.4 is 27.0 Å². The van der Waals surface area contributed by atoms with Crippen molar-refractivity contribution in [2.24, 2.45) is 11.7 Å². The number of piperidine rings is 2. The largest absolute Gasteiger partial charge is 0.416 e. The van der Waals surface area contributed by atoms with Crippen LogP contribution in [-0.4, -0.2) is 152 Å². The molecule has 28 heteroatoms. The first kappa shape index (κ1) is 62.9. The summed E-state index contributed by atoms with van der Waals surface area (Å²) in [6, 6.07) is 6.77. The number of alkyl halides is 5. The Kier molecular flexibility index (Phi) is 18.8. The number of halogens is 5. The second-order valence-corrected chi connectivity index (χ2v) is 25.1. The van der Waals surface area contributed by atoms with Crippen LogP contribution in [0.4, 0.5) is 22.0 Å². The molecular formula is C58H63F5N9O12PS. The summed E-state index contributed by atoms with van der Waals surface area (Å²) in [7, 11) is -4.17. The molecule has 5 aliphatic rings. The summed E-state index contributed by atoms with van der Waals surface area (Å²) in [5, 5.41) is 10.4. The fourth-order valence-electron chi connectivity index (χ4n) is 11.8. The number of nitrogens with one attached hydrogen (secondary N) is 4. The van der Waals surface area contributed by atoms with Crippen LogP contribution in [-0.2, 0) is 62.9 Å². The molecule has 6 atom stereocenters. The minimum Gasteiger partial charge on any atom is -0.370 e. The fraction of sp³-hybridized carbons (Fsp3) is 0.466. The van der Waals surface area contributed by atoms with E-state index in [1.54, 1.807) is 30.1 Å². The molecule has 21 nitrogen and oxygen atoms in total. The number of rotatable bonds is 17. The summed E-state index contributed by atoms with van der Waals surface area (Å²) < 4.78 is 81.9. The van der Waals surface area contributed by atoms with E-state index in [1.165, 1.54) is 34.1 Å². The number of carbonyl (C=O) groups is 9. The maximum absolute atomic E-state index is 14.6. The van der Waals surface area contributed by atoms with Gasteiger partial charge in [-0.2, -0.15) is 22.0 Å². The van der Waals surface area contributed by atoms with Gasteiger partial charge in [-0.3, -0.25) is 53.0 Å². The maximum atomic E-state index is 14.6. The second kappa shape index (κ2) is 25.8. The minimum absolute atomic E-state index is 0.0140. The van der Waals surface area contributed by atoms with E-state index in [9.17, 15) is 79.5 Å². The molecule has 0 radical (unpaired) electrons. The van der Waals surface area contributed by atoms with E-state index in [1.807, 2.05) is 4.90 Å². The Balaban J connectivity index is 0.860. The summed E-state index contributed by atoms with van der Waals surface area (Å²) in [6.07, 6.45) is -2.25. The van der Waals surface area contributed by atoms with Crippen LogP contribution in [0.1, 0.15) is 118 Å². The molecule has 0 saturated carbocycles. The van der Waals surface area contributed by atoms with Gasteiger partial charge in [-0.25, -0.2) is 0 Å². The molecule has 4 fully saturated rings. The normalized spacial score (nSPS) is 21.3. The van der Waals surface area contributed by atoms with E-state index in [0.29, 0.717) is 66.5 Å². The number of fused-ring (bicyclic) bond motifs is 3. The molecule has 0 spiro atoms. The minimum atomic E-state index is -5.90. The van der Waals surface area contributed by atoms with E-state index in [0.717, 1.165) is 35.6 Å². The standard InChI is InChI=1S/C58H63F5N9O12PS/c1-69-24-23-38-14-16-45(72(38)56(81)43(31-69)67-53(78)47-29-35-28-37(13-18-46(35)86-47)58(62,63)85(82,83)84)52(77)65-41(15-19-48(64)73)50(75)66-42(27-33-9-11-36(12-10-33)57(59,60)61)55(80)70-25-21-32(22-26-70)5-2-3-6-34-7-4-8-39-40(34)30-71(54(39)79)44-17-20-49(74)68-51(44)76/h4,7-13,18,28-29,32,38,41-45H,2,5,14-17,19-27,30-31H2,1H3,(H2,64,73)(H,65,77)(H,66,75)(H,67,78)(H,68,74,76)(H2,82,83,84)/t38-,41+,42+,43+,44?,45+/m1/s1. The first-order valence-electron chi connectivity index (χ1n) is 28.0. The number of imide groups is 1. The van der Waals surface area contributed by atoms with Crippen molar-refractivity contribution in [3.05, 3.63) is 105 Å². The number of primary amides is 1. The van der Waals surface area contributed by atoms with Gasteiger partial charge in [-0.05, 0) is 130 Å². The molecule has 9 rings (SSSR count). The number of likely N-dealkylation sites (N-methyl/N-ethyl adjacent to an activating group) is 1. The van der Waals surface area contributed by atoms with Crippen molar-refractivity contribution >= 4 is 82.2 Å². The van der Waals surface area contributed by atoms with E-state index in [2.05, 4.69) is 33.1 Å². The molecule has 4 aromatic rings. The summed E-state index contributed by atoms with van der Waals surface area (Å²) in [6.45, 7) is 1.08. The topological polar surface area (TPSA) is 298 Å². The van der Waals surface area contributed by atoms with Gasteiger partial charge >= 0.3 is 19.4 Å². The predicted octanol–water partition coefficient (Wildman–Crippen LogP) is 4.25. The average molecular weight is 1240 g/mol. The van der Waals surface area contributed by atoms with Crippen LogP contribution in [0.2, 0.25) is 0 Å². The molecule has 3 aromatic carbocycles. The smallest absolute Gasteiger partial charge is 0.370 e. The van der Waals surface area contributed by atoms with Gasteiger partial charge < -0.3 is 51.1 Å². The van der Waals surface area contributed by atoms with Crippen molar-refractivity contribution < 1.29 is 79.5 Å². The molecular weight excluding hydrogens is 1170 g/mol. The zero-order chi connectivity index (χ0) is 62.0. The number of amides is 9. The van der Waals surface area contributed by atoms with Crippen LogP contribution in [0, 0.1) is 17.8 Å². The number of hydrogen-bond donors (Lipinski definition) is 7. The number of nitrogens with two attached hydrogens (primary N) is 1. The van der Waals surface area contributed by atoms with Crippen molar-refractivity contribution in [2.75, 3.05) is 33.2 Å². The van der Waals surface area contributed by atoms with Gasteiger partial charge in [0.1, 0.15) is 30.2 Å². The Hall–Kier alpha value is -7.63. The van der Waals surface area contributed by atoms with Gasteiger partial charge in [0.15, 0.2) is 0 Å². The van der Waals surface area contributed by atoms with Crippen LogP contribution >= 0.6 is 18.9 Å². The first-order chi connectivity index (χ1) is 40.7. The number of carbonyl (C=O) groups excluding carboxylic acids is 9. The van der Waals surface area contributed by atoms with E-state index in [4.69, 9.17) is 5.73 Å². The third-order valence-corrected chi connectivity index (χ3v) is 18.6. The highest BCUT2D eigenvalue weighted by Gasteiger charge is 2.51. The number of hydrogen-bond acceptors (Lipinski definition) is 12. The Morgan fingerprint density at radius 2 is 1.59 bits per heavy atom. The highest BCUT2D eigenvalue weighted by atomic mass is 32.1. The highest BCUT2D eigenvalue weighted by Crippen LogP contribution is 2.59. The number of nitrogens with zero attached hydrogens (tertiary/aromatic N) is 4. The number of thiophene rings is 1. The van der Waals surface area contributed by atoms with Crippen LogP contribution in [0.5, 0.6) is 0 Å². The third kappa shape index (κ3) is 14.1. The average Bonchev–Trinajstić information content (AvgIpc) is 2.18. The quantitative estimate of drug-likeness (QED) is 0.0337. The van der Waals surface area contributed by atoms with Crippen molar-refractivity contribution in [3.8, 4) is 11.8 Å². The lowest BCUT2D eigenvalue weighted by Gasteiger charge is -2.38. The number of benzene rings is 3. The molecule has 4 saturated heterocycles. The summed E-state index contributed by atoms with van der Waals surface area (Å²) >= 11 is 0.883. The lowest BCUT2D eigenvalue weighted by Crippen LogP contribution is -2.61. The third-order valence-electron chi connectivity index (χ3n) is 16.5. The molecule has 0 aliphatic carbocycles. The van der Waals surface area contributed by atoms with Crippen LogP contribution in [0.25, 0.3) is 10.1 Å². The lowest BCUT2D eigenvalue weighted by atomic mass is 9.91.